The Labute approximate surface area is 111 Å². The second kappa shape index (κ2) is 7.62. The summed E-state index contributed by atoms with van der Waals surface area (Å²) in [4.78, 5) is 8.17. The molecule has 1 heterocycles. The van der Waals surface area contributed by atoms with Gasteiger partial charge in [-0.1, -0.05) is 0 Å². The van der Waals surface area contributed by atoms with Crippen LogP contribution in [0.15, 0.2) is 6.07 Å². The van der Waals surface area contributed by atoms with Crippen LogP contribution in [0, 0.1) is 0 Å². The highest BCUT2D eigenvalue weighted by Gasteiger charge is 2.06. The molecule has 0 atom stereocenters. The van der Waals surface area contributed by atoms with Gasteiger partial charge in [0.1, 0.15) is 0 Å². The number of aromatic nitrogens is 2. The Balaban J connectivity index is 2.62. The minimum absolute atomic E-state index is 0.307. The Hall–Kier alpha value is -1.67. The molecule has 0 amide bonds. The SMILES string of the molecule is COCCNC(=S)Nc1nc(OC)cc(OC)n1. The van der Waals surface area contributed by atoms with Crippen LogP contribution < -0.4 is 20.1 Å². The van der Waals surface area contributed by atoms with Crippen molar-refractivity contribution in [2.45, 2.75) is 0 Å². The minimum Gasteiger partial charge on any atom is -0.481 e. The summed E-state index contributed by atoms with van der Waals surface area (Å²) in [7, 11) is 4.65. The van der Waals surface area contributed by atoms with Crippen molar-refractivity contribution < 1.29 is 14.2 Å². The topological polar surface area (TPSA) is 77.5 Å². The van der Waals surface area contributed by atoms with Crippen molar-refractivity contribution in [2.75, 3.05) is 39.8 Å². The van der Waals surface area contributed by atoms with E-state index in [1.54, 1.807) is 13.2 Å². The first-order valence-corrected chi connectivity index (χ1v) is 5.61. The van der Waals surface area contributed by atoms with E-state index in [0.717, 1.165) is 0 Å². The van der Waals surface area contributed by atoms with E-state index in [2.05, 4.69) is 20.6 Å². The first-order valence-electron chi connectivity index (χ1n) is 5.20. The summed E-state index contributed by atoms with van der Waals surface area (Å²) in [6.07, 6.45) is 0. The van der Waals surface area contributed by atoms with Crippen LogP contribution in [-0.4, -0.2) is 49.6 Å². The Morgan fingerprint density at radius 1 is 1.22 bits per heavy atom. The van der Waals surface area contributed by atoms with Crippen LogP contribution in [0.5, 0.6) is 11.8 Å². The molecule has 1 aromatic heterocycles. The number of thiocarbonyl (C=S) groups is 1. The van der Waals surface area contributed by atoms with E-state index in [4.69, 9.17) is 26.4 Å². The number of hydrogen-bond donors (Lipinski definition) is 2. The quantitative estimate of drug-likeness (QED) is 0.570. The highest BCUT2D eigenvalue weighted by Crippen LogP contribution is 2.16. The lowest BCUT2D eigenvalue weighted by Gasteiger charge is -2.10. The van der Waals surface area contributed by atoms with Crippen LogP contribution in [-0.2, 0) is 4.74 Å². The van der Waals surface area contributed by atoms with Gasteiger partial charge in [-0.05, 0) is 12.2 Å². The largest absolute Gasteiger partial charge is 0.481 e. The maximum Gasteiger partial charge on any atom is 0.235 e. The molecule has 0 bridgehead atoms. The average molecular weight is 272 g/mol. The van der Waals surface area contributed by atoms with Crippen molar-refractivity contribution in [3.8, 4) is 11.8 Å². The van der Waals surface area contributed by atoms with E-state index >= 15 is 0 Å². The molecule has 0 aliphatic carbocycles. The molecule has 0 spiro atoms. The smallest absolute Gasteiger partial charge is 0.235 e. The lowest BCUT2D eigenvalue weighted by molar-refractivity contribution is 0.204. The molecular formula is C10H16N4O3S. The number of ether oxygens (including phenoxy) is 3. The molecule has 7 nitrogen and oxygen atoms in total. The van der Waals surface area contributed by atoms with E-state index < -0.39 is 0 Å². The van der Waals surface area contributed by atoms with Gasteiger partial charge in [0.25, 0.3) is 0 Å². The Kier molecular flexibility index (Phi) is 6.09. The molecule has 8 heteroatoms. The third kappa shape index (κ3) is 4.68. The Bertz CT molecular complexity index is 380. The van der Waals surface area contributed by atoms with Gasteiger partial charge in [0.05, 0.1) is 26.9 Å². The summed E-state index contributed by atoms with van der Waals surface area (Å²) in [5.74, 6) is 1.09. The molecule has 0 unspecified atom stereocenters. The first-order chi connectivity index (χ1) is 8.69. The van der Waals surface area contributed by atoms with Crippen LogP contribution in [0.2, 0.25) is 0 Å². The normalized spacial score (nSPS) is 9.72. The molecule has 0 radical (unpaired) electrons. The zero-order chi connectivity index (χ0) is 13.4. The highest BCUT2D eigenvalue weighted by atomic mass is 32.1. The van der Waals surface area contributed by atoms with Gasteiger partial charge in [-0.3, -0.25) is 0 Å². The second-order valence-electron chi connectivity index (χ2n) is 3.15. The van der Waals surface area contributed by atoms with Gasteiger partial charge in [-0.25, -0.2) is 0 Å². The van der Waals surface area contributed by atoms with Gasteiger partial charge in [0, 0.05) is 13.7 Å². The van der Waals surface area contributed by atoms with Crippen molar-refractivity contribution >= 4 is 23.3 Å². The fourth-order valence-electron chi connectivity index (χ4n) is 1.08. The fraction of sp³-hybridized carbons (Fsp3) is 0.500. The number of anilines is 1. The van der Waals surface area contributed by atoms with Crippen molar-refractivity contribution in [1.82, 2.24) is 15.3 Å². The zero-order valence-electron chi connectivity index (χ0n) is 10.5. The van der Waals surface area contributed by atoms with Crippen molar-refractivity contribution in [2.24, 2.45) is 0 Å². The predicted octanol–water partition coefficient (Wildman–Crippen LogP) is 0.427. The standard InChI is InChI=1S/C10H16N4O3S/c1-15-5-4-11-10(18)14-9-12-7(16-2)6-8(13-9)17-3/h6H,4-5H2,1-3H3,(H2,11,12,13,14,18). The van der Waals surface area contributed by atoms with Gasteiger partial charge in [-0.15, -0.1) is 0 Å². The molecule has 100 valence electrons. The molecule has 1 aromatic rings. The number of methoxy groups -OCH3 is 3. The number of nitrogens with zero attached hydrogens (tertiary/aromatic N) is 2. The van der Waals surface area contributed by atoms with Crippen LogP contribution in [0.4, 0.5) is 5.95 Å². The lowest BCUT2D eigenvalue weighted by Crippen LogP contribution is -2.31. The van der Waals surface area contributed by atoms with Crippen LogP contribution in [0.1, 0.15) is 0 Å². The monoisotopic (exact) mass is 272 g/mol. The molecule has 0 saturated carbocycles. The van der Waals surface area contributed by atoms with Gasteiger partial charge < -0.3 is 24.8 Å². The van der Waals surface area contributed by atoms with Gasteiger partial charge in [0.2, 0.25) is 17.7 Å². The molecular weight excluding hydrogens is 256 g/mol. The summed E-state index contributed by atoms with van der Waals surface area (Å²) in [5.41, 5.74) is 0. The number of rotatable bonds is 6. The van der Waals surface area contributed by atoms with Crippen molar-refractivity contribution in [3.05, 3.63) is 6.07 Å². The minimum atomic E-state index is 0.307. The molecule has 0 fully saturated rings. The third-order valence-corrected chi connectivity index (χ3v) is 2.16. The first kappa shape index (κ1) is 14.4. The lowest BCUT2D eigenvalue weighted by atomic mass is 10.6. The van der Waals surface area contributed by atoms with E-state index in [1.807, 2.05) is 0 Å². The molecule has 0 saturated heterocycles. The molecule has 0 aromatic carbocycles. The molecule has 2 N–H and O–H groups in total. The predicted molar refractivity (Wildman–Crippen MR) is 71.2 cm³/mol. The fourth-order valence-corrected chi connectivity index (χ4v) is 1.27. The summed E-state index contributed by atoms with van der Waals surface area (Å²) in [6.45, 7) is 1.16. The highest BCUT2D eigenvalue weighted by molar-refractivity contribution is 7.80. The van der Waals surface area contributed by atoms with Gasteiger partial charge in [0.15, 0.2) is 5.11 Å². The van der Waals surface area contributed by atoms with Crippen LogP contribution >= 0.6 is 12.2 Å². The molecule has 18 heavy (non-hydrogen) atoms. The van der Waals surface area contributed by atoms with E-state index in [9.17, 15) is 0 Å². The summed E-state index contributed by atoms with van der Waals surface area (Å²) in [6, 6.07) is 1.58. The molecule has 0 aliphatic heterocycles. The van der Waals surface area contributed by atoms with E-state index in [-0.39, 0.29) is 0 Å². The Morgan fingerprint density at radius 2 is 1.83 bits per heavy atom. The summed E-state index contributed by atoms with van der Waals surface area (Å²) in [5, 5.41) is 6.18. The zero-order valence-corrected chi connectivity index (χ0v) is 11.3. The maximum atomic E-state index is 5.07. The van der Waals surface area contributed by atoms with Gasteiger partial charge >= 0.3 is 0 Å². The molecule has 1 rings (SSSR count). The number of hydrogen-bond acceptors (Lipinski definition) is 6. The summed E-state index contributed by atoms with van der Waals surface area (Å²) < 4.78 is 14.9. The van der Waals surface area contributed by atoms with E-state index in [0.29, 0.717) is 36.0 Å². The van der Waals surface area contributed by atoms with Crippen LogP contribution in [0.3, 0.4) is 0 Å². The van der Waals surface area contributed by atoms with Gasteiger partial charge in [-0.2, -0.15) is 9.97 Å². The van der Waals surface area contributed by atoms with Crippen molar-refractivity contribution in [3.63, 3.8) is 0 Å². The second-order valence-corrected chi connectivity index (χ2v) is 3.56. The Morgan fingerprint density at radius 3 is 2.33 bits per heavy atom. The molecule has 0 aliphatic rings. The third-order valence-electron chi connectivity index (χ3n) is 1.91. The number of nitrogens with one attached hydrogen (secondary N) is 2. The average Bonchev–Trinajstić information content (AvgIpc) is 2.38. The summed E-state index contributed by atoms with van der Waals surface area (Å²) >= 11 is 5.07. The van der Waals surface area contributed by atoms with E-state index in [1.165, 1.54) is 14.2 Å². The maximum absolute atomic E-state index is 5.07. The van der Waals surface area contributed by atoms with Crippen LogP contribution in [0.25, 0.3) is 0 Å². The van der Waals surface area contributed by atoms with Crippen molar-refractivity contribution in [1.29, 1.82) is 0 Å².